The fraction of sp³-hybridized carbons (Fsp3) is 0.143. The Balaban J connectivity index is 1.81. The van der Waals surface area contributed by atoms with E-state index in [0.29, 0.717) is 5.69 Å². The van der Waals surface area contributed by atoms with Crippen LogP contribution in [-0.4, -0.2) is 10.9 Å². The summed E-state index contributed by atoms with van der Waals surface area (Å²) in [6.45, 7) is 4.21. The van der Waals surface area contributed by atoms with Crippen LogP contribution in [-0.2, 0) is 6.42 Å². The molecule has 25 heavy (non-hydrogen) atoms. The zero-order valence-corrected chi connectivity index (χ0v) is 14.4. The summed E-state index contributed by atoms with van der Waals surface area (Å²) in [4.78, 5) is 16.6. The largest absolute Gasteiger partial charge is 0.355 e. The van der Waals surface area contributed by atoms with Crippen LogP contribution >= 0.6 is 0 Å². The first kappa shape index (κ1) is 16.7. The van der Waals surface area contributed by atoms with Gasteiger partial charge in [0.2, 0.25) is 0 Å². The van der Waals surface area contributed by atoms with Crippen molar-refractivity contribution in [2.75, 3.05) is 10.6 Å². The van der Waals surface area contributed by atoms with Crippen LogP contribution in [0.3, 0.4) is 0 Å². The number of aryl methyl sites for hydroxylation is 2. The van der Waals surface area contributed by atoms with Crippen molar-refractivity contribution in [3.05, 3.63) is 83.7 Å². The maximum Gasteiger partial charge on any atom is 0.274 e. The summed E-state index contributed by atoms with van der Waals surface area (Å²) in [5.74, 6) is -0.227. The molecule has 0 aliphatic rings. The van der Waals surface area contributed by atoms with Gasteiger partial charge in [0.15, 0.2) is 0 Å². The SMILES string of the molecule is CCc1cccc(C)c1Nc1ccnc(C(=O)Nc2ccccc2)c1. The van der Waals surface area contributed by atoms with E-state index in [1.165, 1.54) is 11.1 Å². The summed E-state index contributed by atoms with van der Waals surface area (Å²) in [6.07, 6.45) is 2.59. The highest BCUT2D eigenvalue weighted by Crippen LogP contribution is 2.25. The van der Waals surface area contributed by atoms with Crippen LogP contribution in [0.4, 0.5) is 17.1 Å². The van der Waals surface area contributed by atoms with Crippen LogP contribution in [0.5, 0.6) is 0 Å². The Hall–Kier alpha value is -3.14. The van der Waals surface area contributed by atoms with E-state index in [1.807, 2.05) is 36.4 Å². The first-order chi connectivity index (χ1) is 12.2. The van der Waals surface area contributed by atoms with Crippen molar-refractivity contribution >= 4 is 23.0 Å². The molecule has 1 aromatic heterocycles. The number of hydrogen-bond acceptors (Lipinski definition) is 3. The highest BCUT2D eigenvalue weighted by Gasteiger charge is 2.10. The number of nitrogens with zero attached hydrogens (tertiary/aromatic N) is 1. The Morgan fingerprint density at radius 3 is 2.56 bits per heavy atom. The van der Waals surface area contributed by atoms with Crippen LogP contribution in [0, 0.1) is 6.92 Å². The fourth-order valence-corrected chi connectivity index (χ4v) is 2.70. The second kappa shape index (κ2) is 7.62. The molecule has 1 amide bonds. The van der Waals surface area contributed by atoms with Crippen molar-refractivity contribution < 1.29 is 4.79 Å². The maximum atomic E-state index is 12.4. The van der Waals surface area contributed by atoms with Crippen molar-refractivity contribution in [1.82, 2.24) is 4.98 Å². The molecule has 0 aliphatic heterocycles. The molecule has 0 saturated heterocycles. The molecule has 2 N–H and O–H groups in total. The Kier molecular flexibility index (Phi) is 5.09. The molecule has 4 nitrogen and oxygen atoms in total. The minimum absolute atomic E-state index is 0.227. The number of anilines is 3. The van der Waals surface area contributed by atoms with Gasteiger partial charge in [0, 0.05) is 23.3 Å². The monoisotopic (exact) mass is 331 g/mol. The highest BCUT2D eigenvalue weighted by atomic mass is 16.1. The first-order valence-corrected chi connectivity index (χ1v) is 8.35. The van der Waals surface area contributed by atoms with Gasteiger partial charge in [-0.2, -0.15) is 0 Å². The molecule has 0 fully saturated rings. The fourth-order valence-electron chi connectivity index (χ4n) is 2.70. The van der Waals surface area contributed by atoms with Crippen LogP contribution < -0.4 is 10.6 Å². The molecular weight excluding hydrogens is 310 g/mol. The second-order valence-electron chi connectivity index (χ2n) is 5.84. The predicted octanol–water partition coefficient (Wildman–Crippen LogP) is 4.95. The number of amides is 1. The average molecular weight is 331 g/mol. The quantitative estimate of drug-likeness (QED) is 0.695. The molecule has 3 rings (SSSR count). The van der Waals surface area contributed by atoms with Gasteiger partial charge in [-0.25, -0.2) is 0 Å². The Bertz CT molecular complexity index is 875. The Labute approximate surface area is 147 Å². The van der Waals surface area contributed by atoms with Gasteiger partial charge in [-0.05, 0) is 48.7 Å². The summed E-state index contributed by atoms with van der Waals surface area (Å²) in [5.41, 5.74) is 5.47. The molecule has 4 heteroatoms. The zero-order chi connectivity index (χ0) is 17.6. The lowest BCUT2D eigenvalue weighted by Gasteiger charge is -2.14. The number of benzene rings is 2. The number of aromatic nitrogens is 1. The number of carbonyl (C=O) groups is 1. The van der Waals surface area contributed by atoms with Gasteiger partial charge in [-0.3, -0.25) is 9.78 Å². The van der Waals surface area contributed by atoms with Crippen LogP contribution in [0.1, 0.15) is 28.5 Å². The van der Waals surface area contributed by atoms with Gasteiger partial charge in [0.1, 0.15) is 5.69 Å². The number of nitrogens with one attached hydrogen (secondary N) is 2. The molecular formula is C21H21N3O. The molecule has 0 aliphatic carbocycles. The summed E-state index contributed by atoms with van der Waals surface area (Å²) >= 11 is 0. The van der Waals surface area contributed by atoms with Crippen LogP contribution in [0.2, 0.25) is 0 Å². The van der Waals surface area contributed by atoms with E-state index in [4.69, 9.17) is 0 Å². The van der Waals surface area contributed by atoms with Crippen LogP contribution in [0.25, 0.3) is 0 Å². The van der Waals surface area contributed by atoms with Gasteiger partial charge >= 0.3 is 0 Å². The molecule has 0 atom stereocenters. The number of para-hydroxylation sites is 2. The first-order valence-electron chi connectivity index (χ1n) is 8.35. The summed E-state index contributed by atoms with van der Waals surface area (Å²) in [6, 6.07) is 19.2. The van der Waals surface area contributed by atoms with Crippen molar-refractivity contribution in [3.63, 3.8) is 0 Å². The normalized spacial score (nSPS) is 10.3. The minimum Gasteiger partial charge on any atom is -0.355 e. The third-order valence-corrected chi connectivity index (χ3v) is 4.03. The Morgan fingerprint density at radius 2 is 1.80 bits per heavy atom. The number of rotatable bonds is 5. The van der Waals surface area contributed by atoms with Gasteiger partial charge in [-0.1, -0.05) is 43.3 Å². The Morgan fingerprint density at radius 1 is 1.00 bits per heavy atom. The van der Waals surface area contributed by atoms with E-state index in [1.54, 1.807) is 12.3 Å². The summed E-state index contributed by atoms with van der Waals surface area (Å²) < 4.78 is 0. The van der Waals surface area contributed by atoms with E-state index in [-0.39, 0.29) is 5.91 Å². The van der Waals surface area contributed by atoms with Gasteiger partial charge in [0.25, 0.3) is 5.91 Å². The van der Waals surface area contributed by atoms with Gasteiger partial charge < -0.3 is 10.6 Å². The van der Waals surface area contributed by atoms with E-state index in [0.717, 1.165) is 23.5 Å². The number of pyridine rings is 1. The van der Waals surface area contributed by atoms with E-state index < -0.39 is 0 Å². The van der Waals surface area contributed by atoms with Gasteiger partial charge in [0.05, 0.1) is 0 Å². The standard InChI is InChI=1S/C21H21N3O/c1-3-16-9-7-8-15(2)20(16)23-18-12-13-22-19(14-18)21(25)24-17-10-5-4-6-11-17/h4-14H,3H2,1-2H3,(H,22,23)(H,24,25). The summed E-state index contributed by atoms with van der Waals surface area (Å²) in [5, 5.41) is 6.28. The van der Waals surface area contributed by atoms with E-state index in [9.17, 15) is 4.79 Å². The maximum absolute atomic E-state index is 12.4. The van der Waals surface area contributed by atoms with Crippen molar-refractivity contribution in [1.29, 1.82) is 0 Å². The number of hydrogen-bond donors (Lipinski definition) is 2. The van der Waals surface area contributed by atoms with E-state index in [2.05, 4.69) is 47.7 Å². The molecule has 1 heterocycles. The lowest BCUT2D eigenvalue weighted by atomic mass is 10.1. The zero-order valence-electron chi connectivity index (χ0n) is 14.4. The lowest BCUT2D eigenvalue weighted by molar-refractivity contribution is 0.102. The molecule has 0 unspecified atom stereocenters. The summed E-state index contributed by atoms with van der Waals surface area (Å²) in [7, 11) is 0. The van der Waals surface area contributed by atoms with Gasteiger partial charge in [-0.15, -0.1) is 0 Å². The predicted molar refractivity (Wildman–Crippen MR) is 102 cm³/mol. The second-order valence-corrected chi connectivity index (χ2v) is 5.84. The molecule has 0 spiro atoms. The average Bonchev–Trinajstić information content (AvgIpc) is 2.64. The molecule has 0 saturated carbocycles. The molecule has 0 bridgehead atoms. The van der Waals surface area contributed by atoms with Crippen molar-refractivity contribution in [2.24, 2.45) is 0 Å². The minimum atomic E-state index is -0.227. The molecule has 126 valence electrons. The smallest absolute Gasteiger partial charge is 0.274 e. The van der Waals surface area contributed by atoms with Crippen LogP contribution in [0.15, 0.2) is 66.9 Å². The third-order valence-electron chi connectivity index (χ3n) is 4.03. The lowest BCUT2D eigenvalue weighted by Crippen LogP contribution is -2.13. The molecule has 3 aromatic rings. The third kappa shape index (κ3) is 4.04. The van der Waals surface area contributed by atoms with E-state index >= 15 is 0 Å². The topological polar surface area (TPSA) is 54.0 Å². The molecule has 2 aromatic carbocycles. The molecule has 0 radical (unpaired) electrons. The number of carbonyl (C=O) groups excluding carboxylic acids is 1. The van der Waals surface area contributed by atoms with Crippen molar-refractivity contribution in [3.8, 4) is 0 Å². The highest BCUT2D eigenvalue weighted by molar-refractivity contribution is 6.03. The van der Waals surface area contributed by atoms with Crippen molar-refractivity contribution in [2.45, 2.75) is 20.3 Å².